The standard InChI is InChI=1S/C23H25N5O8/c1-12(29)33-9-17-19(34-13(2)30)20(35-14(3)31)23(36-17)28-11-26-18-21(24-10-25-22(18)28)27-15-7-5-6-8-16(15)32-4/h5-8,10-11,17,19-20,23H,9H2,1-4H3,(H,24,25,27)/t17-,19-,20-,23-/m1/s1. The van der Waals surface area contributed by atoms with Crippen LogP contribution in [0.25, 0.3) is 11.2 Å². The zero-order chi connectivity index (χ0) is 25.8. The summed E-state index contributed by atoms with van der Waals surface area (Å²) in [5.41, 5.74) is 1.43. The number of esters is 3. The van der Waals surface area contributed by atoms with Gasteiger partial charge in [-0.1, -0.05) is 12.1 Å². The van der Waals surface area contributed by atoms with Gasteiger partial charge in [-0.25, -0.2) is 15.0 Å². The lowest BCUT2D eigenvalue weighted by molar-refractivity contribution is -0.166. The number of carbonyl (C=O) groups is 3. The van der Waals surface area contributed by atoms with E-state index in [1.807, 2.05) is 18.2 Å². The van der Waals surface area contributed by atoms with Gasteiger partial charge in [-0.15, -0.1) is 0 Å². The minimum Gasteiger partial charge on any atom is -0.495 e. The van der Waals surface area contributed by atoms with Crippen molar-refractivity contribution in [2.24, 2.45) is 0 Å². The molecule has 0 radical (unpaired) electrons. The van der Waals surface area contributed by atoms with E-state index in [-0.39, 0.29) is 6.61 Å². The van der Waals surface area contributed by atoms with E-state index in [1.165, 1.54) is 33.4 Å². The summed E-state index contributed by atoms with van der Waals surface area (Å²) in [6.45, 7) is 3.47. The zero-order valence-corrected chi connectivity index (χ0v) is 20.0. The third-order valence-corrected chi connectivity index (χ3v) is 5.33. The lowest BCUT2D eigenvalue weighted by Gasteiger charge is -2.23. The largest absolute Gasteiger partial charge is 0.495 e. The average molecular weight is 499 g/mol. The summed E-state index contributed by atoms with van der Waals surface area (Å²) in [4.78, 5) is 48.2. The number of nitrogens with one attached hydrogen (secondary N) is 1. The van der Waals surface area contributed by atoms with E-state index in [9.17, 15) is 14.4 Å². The van der Waals surface area contributed by atoms with E-state index in [0.29, 0.717) is 28.4 Å². The number of ether oxygens (including phenoxy) is 5. The number of imidazole rings is 1. The number of benzene rings is 1. The monoisotopic (exact) mass is 499 g/mol. The van der Waals surface area contributed by atoms with Crippen molar-refractivity contribution in [2.75, 3.05) is 19.0 Å². The maximum absolute atomic E-state index is 11.9. The molecule has 13 heteroatoms. The Hall–Kier alpha value is -4.26. The third-order valence-electron chi connectivity index (χ3n) is 5.33. The molecule has 1 aromatic carbocycles. The van der Waals surface area contributed by atoms with Crippen LogP contribution in [0.15, 0.2) is 36.9 Å². The van der Waals surface area contributed by atoms with Crippen molar-refractivity contribution in [1.29, 1.82) is 0 Å². The van der Waals surface area contributed by atoms with E-state index in [4.69, 9.17) is 23.7 Å². The van der Waals surface area contributed by atoms with Crippen molar-refractivity contribution in [3.05, 3.63) is 36.9 Å². The molecule has 2 aromatic heterocycles. The molecule has 3 heterocycles. The Morgan fingerprint density at radius 1 is 1.00 bits per heavy atom. The van der Waals surface area contributed by atoms with Crippen LogP contribution in [0, 0.1) is 0 Å². The van der Waals surface area contributed by atoms with Crippen LogP contribution in [0.2, 0.25) is 0 Å². The predicted molar refractivity (Wildman–Crippen MR) is 123 cm³/mol. The Morgan fingerprint density at radius 3 is 2.42 bits per heavy atom. The summed E-state index contributed by atoms with van der Waals surface area (Å²) in [7, 11) is 1.56. The summed E-state index contributed by atoms with van der Waals surface area (Å²) in [6, 6.07) is 7.31. The summed E-state index contributed by atoms with van der Waals surface area (Å²) >= 11 is 0. The summed E-state index contributed by atoms with van der Waals surface area (Å²) in [5.74, 6) is -0.763. The first-order valence-electron chi connectivity index (χ1n) is 11.0. The van der Waals surface area contributed by atoms with Crippen molar-refractivity contribution in [3.63, 3.8) is 0 Å². The average Bonchev–Trinajstić information content (AvgIpc) is 3.40. The Bertz CT molecular complexity index is 1280. The van der Waals surface area contributed by atoms with Crippen molar-refractivity contribution in [1.82, 2.24) is 19.5 Å². The Balaban J connectivity index is 1.72. The molecular weight excluding hydrogens is 474 g/mol. The van der Waals surface area contributed by atoms with Crippen LogP contribution in [0.5, 0.6) is 5.75 Å². The molecule has 0 aliphatic carbocycles. The fourth-order valence-electron chi connectivity index (χ4n) is 3.92. The van der Waals surface area contributed by atoms with Crippen molar-refractivity contribution >= 4 is 40.6 Å². The zero-order valence-electron chi connectivity index (χ0n) is 20.0. The van der Waals surface area contributed by atoms with Crippen LogP contribution in [0.3, 0.4) is 0 Å². The van der Waals surface area contributed by atoms with Crippen LogP contribution >= 0.6 is 0 Å². The molecule has 3 aromatic rings. The topological polar surface area (TPSA) is 153 Å². The molecule has 4 rings (SSSR count). The molecule has 13 nitrogen and oxygen atoms in total. The van der Waals surface area contributed by atoms with Gasteiger partial charge in [-0.3, -0.25) is 19.0 Å². The van der Waals surface area contributed by atoms with Crippen molar-refractivity contribution < 1.29 is 38.1 Å². The minimum atomic E-state index is -1.06. The maximum Gasteiger partial charge on any atom is 0.303 e. The Kier molecular flexibility index (Phi) is 7.29. The fraction of sp³-hybridized carbons (Fsp3) is 0.391. The molecule has 1 aliphatic rings. The lowest BCUT2D eigenvalue weighted by Crippen LogP contribution is -2.40. The number of carbonyl (C=O) groups excluding carboxylic acids is 3. The van der Waals surface area contributed by atoms with E-state index >= 15 is 0 Å². The summed E-state index contributed by atoms with van der Waals surface area (Å²) in [5, 5.41) is 3.19. The number of fused-ring (bicyclic) bond motifs is 1. The van der Waals surface area contributed by atoms with Gasteiger partial charge in [-0.2, -0.15) is 0 Å². The number of nitrogens with zero attached hydrogens (tertiary/aromatic N) is 4. The second kappa shape index (κ2) is 10.6. The number of para-hydroxylation sites is 2. The molecule has 1 fully saturated rings. The first-order chi connectivity index (χ1) is 17.3. The molecule has 1 saturated heterocycles. The van der Waals surface area contributed by atoms with Crippen LogP contribution in [-0.4, -0.2) is 69.5 Å². The Labute approximate surface area is 205 Å². The van der Waals surface area contributed by atoms with Gasteiger partial charge in [0.15, 0.2) is 35.4 Å². The smallest absolute Gasteiger partial charge is 0.303 e. The van der Waals surface area contributed by atoms with Gasteiger partial charge in [0, 0.05) is 20.8 Å². The number of hydrogen-bond donors (Lipinski definition) is 1. The molecule has 1 aliphatic heterocycles. The van der Waals surface area contributed by atoms with E-state index in [2.05, 4.69) is 20.3 Å². The highest BCUT2D eigenvalue weighted by Gasteiger charge is 2.51. The highest BCUT2D eigenvalue weighted by molar-refractivity contribution is 5.86. The van der Waals surface area contributed by atoms with Crippen LogP contribution < -0.4 is 10.1 Å². The van der Waals surface area contributed by atoms with Crippen molar-refractivity contribution in [2.45, 2.75) is 45.3 Å². The van der Waals surface area contributed by atoms with E-state index < -0.39 is 42.4 Å². The number of rotatable bonds is 8. The molecule has 4 atom stereocenters. The number of anilines is 2. The van der Waals surface area contributed by atoms with Crippen molar-refractivity contribution in [3.8, 4) is 5.75 Å². The van der Waals surface area contributed by atoms with Gasteiger partial charge in [-0.05, 0) is 12.1 Å². The van der Waals surface area contributed by atoms with Crippen LogP contribution in [0.1, 0.15) is 27.0 Å². The molecule has 1 N–H and O–H groups in total. The van der Waals surface area contributed by atoms with E-state index in [1.54, 1.807) is 17.7 Å². The number of aromatic nitrogens is 4. The Morgan fingerprint density at radius 2 is 1.72 bits per heavy atom. The molecule has 0 amide bonds. The highest BCUT2D eigenvalue weighted by Crippen LogP contribution is 2.37. The first kappa shape index (κ1) is 24.9. The van der Waals surface area contributed by atoms with Gasteiger partial charge in [0.25, 0.3) is 0 Å². The molecule has 0 spiro atoms. The maximum atomic E-state index is 11.9. The van der Waals surface area contributed by atoms with Gasteiger partial charge in [0.05, 0.1) is 19.1 Å². The van der Waals surface area contributed by atoms with Crippen LogP contribution in [-0.2, 0) is 33.3 Å². The number of hydrogen-bond acceptors (Lipinski definition) is 12. The molecule has 0 saturated carbocycles. The quantitative estimate of drug-likeness (QED) is 0.356. The summed E-state index contributed by atoms with van der Waals surface area (Å²) in [6.07, 6.45) is -1.21. The predicted octanol–water partition coefficient (Wildman–Crippen LogP) is 1.90. The molecular formula is C23H25N5O8. The normalized spacial score (nSPS) is 21.1. The van der Waals surface area contributed by atoms with E-state index in [0.717, 1.165) is 0 Å². The molecule has 0 unspecified atom stereocenters. The number of methoxy groups -OCH3 is 1. The fourth-order valence-corrected chi connectivity index (χ4v) is 3.92. The van der Waals surface area contributed by atoms with Gasteiger partial charge < -0.3 is 29.0 Å². The SMILES string of the molecule is COc1ccccc1Nc1ncnc2c1ncn2[C@@H]1O[C@H](COC(C)=O)[C@@H](OC(C)=O)[C@H]1OC(C)=O. The summed E-state index contributed by atoms with van der Waals surface area (Å²) < 4.78 is 29.0. The van der Waals surface area contributed by atoms with Gasteiger partial charge in [0.1, 0.15) is 24.8 Å². The third kappa shape index (κ3) is 5.20. The highest BCUT2D eigenvalue weighted by atomic mass is 16.7. The molecule has 0 bridgehead atoms. The molecule has 36 heavy (non-hydrogen) atoms. The van der Waals surface area contributed by atoms with Crippen LogP contribution in [0.4, 0.5) is 11.5 Å². The second-order valence-corrected chi connectivity index (χ2v) is 7.89. The lowest BCUT2D eigenvalue weighted by atomic mass is 10.1. The minimum absolute atomic E-state index is 0.218. The van der Waals surface area contributed by atoms with Gasteiger partial charge >= 0.3 is 17.9 Å². The first-order valence-corrected chi connectivity index (χ1v) is 11.0. The van der Waals surface area contributed by atoms with Gasteiger partial charge in [0.2, 0.25) is 0 Å². The molecule has 190 valence electrons. The second-order valence-electron chi connectivity index (χ2n) is 7.89.